The van der Waals surface area contributed by atoms with Crippen molar-refractivity contribution < 1.29 is 14.2 Å². The van der Waals surface area contributed by atoms with Crippen LogP contribution in [-0.4, -0.2) is 18.8 Å². The van der Waals surface area contributed by atoms with Gasteiger partial charge in [-0.15, -0.1) is 0 Å². The highest BCUT2D eigenvalue weighted by atomic mass is 16.7. The number of hydrogen-bond acceptors (Lipinski definition) is 3. The van der Waals surface area contributed by atoms with Crippen LogP contribution in [-0.2, 0) is 14.2 Å². The Labute approximate surface area is 94.6 Å². The fraction of sp³-hybridized carbons (Fsp3) is 0.385. The molecule has 2 heterocycles. The third-order valence-electron chi connectivity index (χ3n) is 2.91. The van der Waals surface area contributed by atoms with Crippen molar-refractivity contribution in [3.63, 3.8) is 0 Å². The molecule has 16 heavy (non-hydrogen) atoms. The van der Waals surface area contributed by atoms with Crippen LogP contribution in [0.1, 0.15) is 18.3 Å². The average molecular weight is 218 g/mol. The molecule has 0 radical (unpaired) electrons. The van der Waals surface area contributed by atoms with Gasteiger partial charge in [-0.1, -0.05) is 30.3 Å². The summed E-state index contributed by atoms with van der Waals surface area (Å²) in [4.78, 5) is 0. The van der Waals surface area contributed by atoms with Gasteiger partial charge in [0.05, 0.1) is 12.9 Å². The van der Waals surface area contributed by atoms with Crippen LogP contribution in [0.3, 0.4) is 0 Å². The largest absolute Gasteiger partial charge is 0.493 e. The Morgan fingerprint density at radius 2 is 1.94 bits per heavy atom. The van der Waals surface area contributed by atoms with Crippen LogP contribution in [0.25, 0.3) is 0 Å². The smallest absolute Gasteiger partial charge is 0.184 e. The van der Waals surface area contributed by atoms with Crippen LogP contribution in [0.2, 0.25) is 0 Å². The molecule has 3 rings (SSSR count). The Kier molecular flexibility index (Phi) is 2.64. The Morgan fingerprint density at radius 1 is 1.06 bits per heavy atom. The van der Waals surface area contributed by atoms with E-state index in [-0.39, 0.29) is 18.5 Å². The van der Waals surface area contributed by atoms with E-state index in [0.717, 1.165) is 12.0 Å². The highest BCUT2D eigenvalue weighted by Crippen LogP contribution is 2.30. The summed E-state index contributed by atoms with van der Waals surface area (Å²) in [5.74, 6) is 0. The van der Waals surface area contributed by atoms with Gasteiger partial charge in [-0.3, -0.25) is 0 Å². The van der Waals surface area contributed by atoms with E-state index in [1.54, 1.807) is 6.26 Å². The van der Waals surface area contributed by atoms with Gasteiger partial charge in [0.25, 0.3) is 0 Å². The lowest BCUT2D eigenvalue weighted by atomic mass is 10.1. The second-order valence-corrected chi connectivity index (χ2v) is 4.03. The summed E-state index contributed by atoms with van der Waals surface area (Å²) in [6.45, 7) is 0.592. The van der Waals surface area contributed by atoms with E-state index in [1.165, 1.54) is 0 Å². The summed E-state index contributed by atoms with van der Waals surface area (Å²) in [5.41, 5.74) is 1.07. The zero-order valence-corrected chi connectivity index (χ0v) is 8.91. The topological polar surface area (TPSA) is 27.7 Å². The van der Waals surface area contributed by atoms with E-state index in [1.807, 2.05) is 36.4 Å². The van der Waals surface area contributed by atoms with Crippen molar-refractivity contribution in [1.82, 2.24) is 0 Å². The Balaban J connectivity index is 1.74. The van der Waals surface area contributed by atoms with E-state index in [9.17, 15) is 0 Å². The summed E-state index contributed by atoms with van der Waals surface area (Å²) in [5, 5.41) is 0. The monoisotopic (exact) mass is 218 g/mol. The van der Waals surface area contributed by atoms with Crippen LogP contribution in [0.4, 0.5) is 0 Å². The predicted molar refractivity (Wildman–Crippen MR) is 58.6 cm³/mol. The first-order valence-corrected chi connectivity index (χ1v) is 5.56. The summed E-state index contributed by atoms with van der Waals surface area (Å²) < 4.78 is 17.0. The van der Waals surface area contributed by atoms with Gasteiger partial charge in [0, 0.05) is 5.56 Å². The zero-order valence-electron chi connectivity index (χ0n) is 8.91. The second kappa shape index (κ2) is 4.28. The summed E-state index contributed by atoms with van der Waals surface area (Å²) >= 11 is 0. The average Bonchev–Trinajstić information content (AvgIpc) is 2.39. The number of benzene rings is 1. The molecule has 0 N–H and O–H groups in total. The molecule has 0 saturated carbocycles. The SMILES string of the molecule is C1=CO[C@@H]2CO[C@H](c3ccccc3)O[C@H]2C1. The number of hydrogen-bond donors (Lipinski definition) is 0. The van der Waals surface area contributed by atoms with E-state index in [2.05, 4.69) is 0 Å². The molecular weight excluding hydrogens is 204 g/mol. The van der Waals surface area contributed by atoms with Crippen LogP contribution in [0.15, 0.2) is 42.7 Å². The zero-order chi connectivity index (χ0) is 10.8. The highest BCUT2D eigenvalue weighted by Gasteiger charge is 2.34. The van der Waals surface area contributed by atoms with Gasteiger partial charge in [0.1, 0.15) is 12.2 Å². The quantitative estimate of drug-likeness (QED) is 0.724. The van der Waals surface area contributed by atoms with Gasteiger partial charge >= 0.3 is 0 Å². The molecule has 2 aliphatic rings. The highest BCUT2D eigenvalue weighted by molar-refractivity contribution is 5.16. The van der Waals surface area contributed by atoms with Crippen molar-refractivity contribution in [2.24, 2.45) is 0 Å². The van der Waals surface area contributed by atoms with Crippen LogP contribution < -0.4 is 0 Å². The van der Waals surface area contributed by atoms with Gasteiger partial charge in [0.15, 0.2) is 6.29 Å². The lowest BCUT2D eigenvalue weighted by Gasteiger charge is -2.37. The molecule has 1 aromatic rings. The van der Waals surface area contributed by atoms with Crippen molar-refractivity contribution >= 4 is 0 Å². The van der Waals surface area contributed by atoms with Crippen LogP contribution in [0, 0.1) is 0 Å². The molecule has 0 spiro atoms. The fourth-order valence-electron chi connectivity index (χ4n) is 2.04. The molecule has 0 unspecified atom stereocenters. The molecule has 3 atom stereocenters. The van der Waals surface area contributed by atoms with E-state index < -0.39 is 0 Å². The van der Waals surface area contributed by atoms with Gasteiger partial charge in [-0.05, 0) is 12.5 Å². The van der Waals surface area contributed by atoms with Crippen molar-refractivity contribution in [3.8, 4) is 0 Å². The first-order chi connectivity index (χ1) is 7.93. The maximum atomic E-state index is 5.88. The molecule has 1 saturated heterocycles. The Morgan fingerprint density at radius 3 is 2.81 bits per heavy atom. The second-order valence-electron chi connectivity index (χ2n) is 4.03. The molecule has 84 valence electrons. The molecule has 0 aliphatic carbocycles. The van der Waals surface area contributed by atoms with Crippen molar-refractivity contribution in [1.29, 1.82) is 0 Å². The van der Waals surface area contributed by atoms with Crippen LogP contribution >= 0.6 is 0 Å². The van der Waals surface area contributed by atoms with Gasteiger partial charge < -0.3 is 14.2 Å². The van der Waals surface area contributed by atoms with Crippen LogP contribution in [0.5, 0.6) is 0 Å². The van der Waals surface area contributed by atoms with E-state index in [4.69, 9.17) is 14.2 Å². The van der Waals surface area contributed by atoms with Crippen molar-refractivity contribution in [2.45, 2.75) is 24.9 Å². The Hall–Kier alpha value is -1.32. The van der Waals surface area contributed by atoms with E-state index in [0.29, 0.717) is 6.61 Å². The maximum absolute atomic E-state index is 5.88. The first-order valence-electron chi connectivity index (χ1n) is 5.56. The van der Waals surface area contributed by atoms with E-state index >= 15 is 0 Å². The number of ether oxygens (including phenoxy) is 3. The minimum Gasteiger partial charge on any atom is -0.493 e. The van der Waals surface area contributed by atoms with Crippen molar-refractivity contribution in [2.75, 3.05) is 6.61 Å². The van der Waals surface area contributed by atoms with Gasteiger partial charge in [0.2, 0.25) is 0 Å². The van der Waals surface area contributed by atoms with Crippen molar-refractivity contribution in [3.05, 3.63) is 48.2 Å². The molecule has 3 nitrogen and oxygen atoms in total. The van der Waals surface area contributed by atoms with Gasteiger partial charge in [-0.25, -0.2) is 0 Å². The number of rotatable bonds is 1. The summed E-state index contributed by atoms with van der Waals surface area (Å²) in [7, 11) is 0. The predicted octanol–water partition coefficient (Wildman–Crippen LogP) is 2.40. The Bertz CT molecular complexity index is 374. The van der Waals surface area contributed by atoms with Gasteiger partial charge in [-0.2, -0.15) is 0 Å². The molecule has 3 heteroatoms. The summed E-state index contributed by atoms with van der Waals surface area (Å²) in [6.07, 6.45) is 4.54. The normalized spacial score (nSPS) is 32.9. The fourth-order valence-corrected chi connectivity index (χ4v) is 2.04. The molecule has 0 bridgehead atoms. The molecule has 0 aromatic heterocycles. The lowest BCUT2D eigenvalue weighted by molar-refractivity contribution is -0.259. The molecule has 1 fully saturated rings. The third-order valence-corrected chi connectivity index (χ3v) is 2.91. The molecule has 2 aliphatic heterocycles. The minimum atomic E-state index is -0.252. The standard InChI is InChI=1S/C13H14O3/c1-2-5-10(6-3-1)13-15-9-12-11(16-13)7-4-8-14-12/h1-6,8,11-13H,7,9H2/t11-,12+,13-/m0/s1. The number of fused-ring (bicyclic) bond motifs is 1. The molecule has 1 aromatic carbocycles. The molecule has 0 amide bonds. The maximum Gasteiger partial charge on any atom is 0.184 e. The molecular formula is C13H14O3. The lowest BCUT2D eigenvalue weighted by Crippen LogP contribution is -2.42. The minimum absolute atomic E-state index is 0.0463. The third kappa shape index (κ3) is 1.84. The first kappa shape index (κ1) is 9.87. The summed E-state index contributed by atoms with van der Waals surface area (Å²) in [6, 6.07) is 10.0.